The second-order valence-corrected chi connectivity index (χ2v) is 9.00. The van der Waals surface area contributed by atoms with E-state index in [-0.39, 0.29) is 21.4 Å². The van der Waals surface area contributed by atoms with Crippen LogP contribution in [0.15, 0.2) is 89.7 Å². The van der Waals surface area contributed by atoms with Gasteiger partial charge in [-0.25, -0.2) is 10.4 Å². The van der Waals surface area contributed by atoms with Gasteiger partial charge >= 0.3 is 0 Å². The summed E-state index contributed by atoms with van der Waals surface area (Å²) in [5.74, 6) is -1.15. The van der Waals surface area contributed by atoms with E-state index in [9.17, 15) is 9.59 Å². The highest BCUT2D eigenvalue weighted by Crippen LogP contribution is 2.19. The molecule has 0 fully saturated rings. The van der Waals surface area contributed by atoms with Crippen molar-refractivity contribution in [1.29, 1.82) is 0 Å². The van der Waals surface area contributed by atoms with Crippen LogP contribution in [0.1, 0.15) is 21.5 Å². The van der Waals surface area contributed by atoms with E-state index in [1.54, 1.807) is 30.3 Å². The molecule has 0 aliphatic rings. The minimum absolute atomic E-state index is 0.0117. The third-order valence-electron chi connectivity index (χ3n) is 5.41. The van der Waals surface area contributed by atoms with Gasteiger partial charge in [0.1, 0.15) is 10.9 Å². The normalized spacial score (nSPS) is 11.5. The lowest BCUT2D eigenvalue weighted by atomic mass is 10.1. The number of carbonyl (C=O) groups is 2. The highest BCUT2D eigenvalue weighted by molar-refractivity contribution is 6.34. The second kappa shape index (κ2) is 11.7. The van der Waals surface area contributed by atoms with E-state index in [2.05, 4.69) is 20.8 Å². The van der Waals surface area contributed by atoms with E-state index in [4.69, 9.17) is 23.2 Å². The number of carbonyl (C=O) groups excluding carboxylic acids is 2. The summed E-state index contributed by atoms with van der Waals surface area (Å²) >= 11 is 12.4. The van der Waals surface area contributed by atoms with Gasteiger partial charge in [-0.15, -0.1) is 0 Å². The number of hydrogen-bond donors (Lipinski definition) is 2. The largest absolute Gasteiger partial charge is 0.378 e. The van der Waals surface area contributed by atoms with Crippen molar-refractivity contribution >= 4 is 63.9 Å². The molecule has 7 nitrogen and oxygen atoms in total. The zero-order valence-corrected chi connectivity index (χ0v) is 21.6. The summed E-state index contributed by atoms with van der Waals surface area (Å²) in [6.07, 6.45) is 2.96. The van der Waals surface area contributed by atoms with Crippen LogP contribution in [0.25, 0.3) is 17.0 Å². The Morgan fingerprint density at radius 1 is 0.946 bits per heavy atom. The van der Waals surface area contributed by atoms with Gasteiger partial charge in [-0.3, -0.25) is 9.59 Å². The Morgan fingerprint density at radius 2 is 1.65 bits per heavy atom. The van der Waals surface area contributed by atoms with Crippen LogP contribution in [0.5, 0.6) is 0 Å². The summed E-state index contributed by atoms with van der Waals surface area (Å²) < 4.78 is 0. The number of pyridine rings is 1. The van der Waals surface area contributed by atoms with Crippen molar-refractivity contribution in [3.05, 3.63) is 111 Å². The lowest BCUT2D eigenvalue weighted by Crippen LogP contribution is -2.33. The number of anilines is 1. The minimum Gasteiger partial charge on any atom is -0.378 e. The van der Waals surface area contributed by atoms with E-state index < -0.39 is 11.8 Å². The average Bonchev–Trinajstić information content (AvgIpc) is 2.89. The third kappa shape index (κ3) is 6.52. The van der Waals surface area contributed by atoms with Crippen LogP contribution >= 0.6 is 23.2 Å². The summed E-state index contributed by atoms with van der Waals surface area (Å²) in [4.78, 5) is 32.3. The first-order valence-electron chi connectivity index (χ1n) is 11.3. The van der Waals surface area contributed by atoms with Crippen LogP contribution in [0.2, 0.25) is 10.2 Å². The van der Waals surface area contributed by atoms with Crippen LogP contribution in [0.4, 0.5) is 5.69 Å². The molecule has 0 saturated heterocycles. The molecule has 2 N–H and O–H groups in total. The first kappa shape index (κ1) is 25.9. The summed E-state index contributed by atoms with van der Waals surface area (Å²) in [5, 5.41) is 8.08. The Kier molecular flexibility index (Phi) is 8.18. The molecule has 2 amide bonds. The molecule has 4 rings (SSSR count). The van der Waals surface area contributed by atoms with Crippen molar-refractivity contribution < 1.29 is 9.59 Å². The SMILES string of the molecule is CN(C)c1ccc(/C=C(/NC(=O)c2ccccc2Cl)C(=O)NN=Cc2cc3ccccc3nc2Cl)cc1. The summed E-state index contributed by atoms with van der Waals surface area (Å²) in [5.41, 5.74) is 5.66. The molecule has 0 spiro atoms. The molecule has 1 aromatic heterocycles. The van der Waals surface area contributed by atoms with Gasteiger partial charge in [0.2, 0.25) is 0 Å². The number of para-hydroxylation sites is 1. The lowest BCUT2D eigenvalue weighted by Gasteiger charge is -2.13. The quantitative estimate of drug-likeness (QED) is 0.142. The Balaban J connectivity index is 1.58. The molecule has 9 heteroatoms. The molecule has 0 bridgehead atoms. The lowest BCUT2D eigenvalue weighted by molar-refractivity contribution is -0.117. The molecule has 186 valence electrons. The van der Waals surface area contributed by atoms with Gasteiger partial charge in [0.25, 0.3) is 11.8 Å². The maximum atomic E-state index is 13.1. The van der Waals surface area contributed by atoms with E-state index in [0.29, 0.717) is 11.1 Å². The molecule has 0 unspecified atom stereocenters. The Hall–Kier alpha value is -4.20. The molecule has 3 aromatic carbocycles. The van der Waals surface area contributed by atoms with Crippen LogP contribution < -0.4 is 15.6 Å². The maximum absolute atomic E-state index is 13.1. The van der Waals surface area contributed by atoms with Crippen LogP contribution in [0, 0.1) is 0 Å². The molecule has 0 atom stereocenters. The van der Waals surface area contributed by atoms with Crippen LogP contribution in [-0.4, -0.2) is 37.1 Å². The molecule has 0 radical (unpaired) electrons. The highest BCUT2D eigenvalue weighted by Gasteiger charge is 2.16. The molecule has 37 heavy (non-hydrogen) atoms. The topological polar surface area (TPSA) is 86.7 Å². The smallest absolute Gasteiger partial charge is 0.287 e. The summed E-state index contributed by atoms with van der Waals surface area (Å²) in [6, 6.07) is 23.4. The van der Waals surface area contributed by atoms with E-state index in [1.807, 2.05) is 73.6 Å². The molecular weight excluding hydrogens is 509 g/mol. The number of rotatable bonds is 7. The van der Waals surface area contributed by atoms with Gasteiger partial charge in [0.15, 0.2) is 0 Å². The fourth-order valence-electron chi connectivity index (χ4n) is 3.45. The molecule has 1 heterocycles. The molecule has 0 aliphatic carbocycles. The Bertz CT molecular complexity index is 1520. The molecule has 0 aliphatic heterocycles. The fraction of sp³-hybridized carbons (Fsp3) is 0.0714. The third-order valence-corrected chi connectivity index (χ3v) is 6.04. The monoisotopic (exact) mass is 531 g/mol. The molecule has 4 aromatic rings. The average molecular weight is 532 g/mol. The molecule has 0 saturated carbocycles. The van der Waals surface area contributed by atoms with Gasteiger partial charge in [-0.1, -0.05) is 65.7 Å². The number of halogens is 2. The van der Waals surface area contributed by atoms with Gasteiger partial charge in [0, 0.05) is 30.7 Å². The van der Waals surface area contributed by atoms with Crippen molar-refractivity contribution in [3.63, 3.8) is 0 Å². The van der Waals surface area contributed by atoms with Gasteiger partial charge < -0.3 is 10.2 Å². The van der Waals surface area contributed by atoms with Crippen molar-refractivity contribution in [2.45, 2.75) is 0 Å². The van der Waals surface area contributed by atoms with E-state index in [1.165, 1.54) is 6.21 Å². The number of nitrogens with one attached hydrogen (secondary N) is 2. The molecular formula is C28H23Cl2N5O2. The Labute approximate surface area is 224 Å². The number of aromatic nitrogens is 1. The fourth-order valence-corrected chi connectivity index (χ4v) is 3.86. The number of hydrogen-bond acceptors (Lipinski definition) is 5. The second-order valence-electron chi connectivity index (χ2n) is 8.24. The zero-order valence-electron chi connectivity index (χ0n) is 20.1. The highest BCUT2D eigenvalue weighted by atomic mass is 35.5. The van der Waals surface area contributed by atoms with E-state index >= 15 is 0 Å². The van der Waals surface area contributed by atoms with Crippen molar-refractivity contribution in [2.75, 3.05) is 19.0 Å². The van der Waals surface area contributed by atoms with Crippen molar-refractivity contribution in [1.82, 2.24) is 15.7 Å². The van der Waals surface area contributed by atoms with E-state index in [0.717, 1.165) is 16.6 Å². The number of hydrazone groups is 1. The Morgan fingerprint density at radius 3 is 2.38 bits per heavy atom. The first-order valence-corrected chi connectivity index (χ1v) is 12.0. The van der Waals surface area contributed by atoms with Gasteiger partial charge in [-0.2, -0.15) is 5.10 Å². The number of amides is 2. The standard InChI is InChI=1S/C28H23Cl2N5O2/c1-35(2)21-13-11-18(12-14-21)15-25(33-27(36)22-8-4-5-9-23(22)29)28(37)34-31-17-20-16-19-7-3-6-10-24(19)32-26(20)30/h3-17H,1-2H3,(H,33,36)(H,34,37)/b25-15+,31-17?. The van der Waals surface area contributed by atoms with Gasteiger partial charge in [-0.05, 0) is 48.0 Å². The van der Waals surface area contributed by atoms with Gasteiger partial charge in [0.05, 0.1) is 22.3 Å². The van der Waals surface area contributed by atoms with Crippen LogP contribution in [0.3, 0.4) is 0 Å². The maximum Gasteiger partial charge on any atom is 0.287 e. The number of nitrogens with zero attached hydrogens (tertiary/aromatic N) is 3. The van der Waals surface area contributed by atoms with Crippen molar-refractivity contribution in [3.8, 4) is 0 Å². The summed E-state index contributed by atoms with van der Waals surface area (Å²) in [7, 11) is 3.87. The number of fused-ring (bicyclic) bond motifs is 1. The number of benzene rings is 3. The first-order chi connectivity index (χ1) is 17.8. The predicted molar refractivity (Wildman–Crippen MR) is 150 cm³/mol. The minimum atomic E-state index is -0.627. The zero-order chi connectivity index (χ0) is 26.4. The summed E-state index contributed by atoms with van der Waals surface area (Å²) in [6.45, 7) is 0. The van der Waals surface area contributed by atoms with Crippen molar-refractivity contribution in [2.24, 2.45) is 5.10 Å². The van der Waals surface area contributed by atoms with Crippen LogP contribution in [-0.2, 0) is 4.79 Å². The predicted octanol–water partition coefficient (Wildman–Crippen LogP) is 5.53.